The molecule has 3 saturated carbocycles. The highest BCUT2D eigenvalue weighted by Crippen LogP contribution is 2.61. The first-order valence-electron chi connectivity index (χ1n) is 14.0. The van der Waals surface area contributed by atoms with Crippen molar-refractivity contribution in [2.45, 2.75) is 78.6 Å². The lowest BCUT2D eigenvalue weighted by Gasteiger charge is -2.31. The van der Waals surface area contributed by atoms with Crippen LogP contribution in [0.1, 0.15) is 71.9 Å². The highest BCUT2D eigenvalue weighted by molar-refractivity contribution is 8.14. The van der Waals surface area contributed by atoms with E-state index in [1.54, 1.807) is 37.9 Å². The second kappa shape index (κ2) is 17.2. The Morgan fingerprint density at radius 2 is 1.44 bits per heavy atom. The van der Waals surface area contributed by atoms with E-state index in [2.05, 4.69) is 6.26 Å². The smallest absolute Gasteiger partial charge is 0.308 e. The maximum Gasteiger partial charge on any atom is 0.308 e. The zero-order valence-corrected chi connectivity index (χ0v) is 25.2. The van der Waals surface area contributed by atoms with Gasteiger partial charge >= 0.3 is 5.97 Å². The Morgan fingerprint density at radius 1 is 0.829 bits per heavy atom. The summed E-state index contributed by atoms with van der Waals surface area (Å²) in [5.41, 5.74) is 2.38. The molecule has 5 nitrogen and oxygen atoms in total. The molecule has 7 heteroatoms. The molecule has 2 bridgehead atoms. The van der Waals surface area contributed by atoms with Crippen molar-refractivity contribution in [3.63, 3.8) is 0 Å². The number of esters is 1. The van der Waals surface area contributed by atoms with Gasteiger partial charge in [0.1, 0.15) is 11.5 Å². The van der Waals surface area contributed by atoms with E-state index in [0.717, 1.165) is 42.4 Å². The van der Waals surface area contributed by atoms with Crippen LogP contribution in [-0.4, -0.2) is 48.2 Å². The third kappa shape index (κ3) is 10.1. The first kappa shape index (κ1) is 35.2. The van der Waals surface area contributed by atoms with Gasteiger partial charge in [0.05, 0.1) is 13.2 Å². The van der Waals surface area contributed by atoms with Crippen molar-refractivity contribution in [2.75, 3.05) is 25.7 Å². The summed E-state index contributed by atoms with van der Waals surface area (Å²) in [6.45, 7) is 4.05. The van der Waals surface area contributed by atoms with Crippen LogP contribution in [0.5, 0.6) is 11.5 Å². The highest BCUT2D eigenvalue weighted by atomic mass is 32.2. The average Bonchev–Trinajstić information content (AvgIpc) is 3.60. The van der Waals surface area contributed by atoms with E-state index in [0.29, 0.717) is 22.2 Å². The van der Waals surface area contributed by atoms with Gasteiger partial charge in [-0.1, -0.05) is 50.9 Å². The van der Waals surface area contributed by atoms with Crippen LogP contribution in [0.15, 0.2) is 48.5 Å². The fourth-order valence-corrected chi connectivity index (χ4v) is 8.25. The van der Waals surface area contributed by atoms with Gasteiger partial charge in [-0.2, -0.15) is 11.8 Å². The summed E-state index contributed by atoms with van der Waals surface area (Å²) in [5, 5.41) is 0.898. The van der Waals surface area contributed by atoms with Crippen molar-refractivity contribution >= 4 is 34.6 Å². The summed E-state index contributed by atoms with van der Waals surface area (Å²) in [4.78, 5) is 22.1. The molecule has 0 saturated heterocycles. The van der Waals surface area contributed by atoms with Crippen molar-refractivity contribution in [2.24, 2.45) is 23.7 Å². The van der Waals surface area contributed by atoms with Crippen molar-refractivity contribution in [3.05, 3.63) is 59.7 Å². The van der Waals surface area contributed by atoms with Crippen LogP contribution in [0.3, 0.4) is 0 Å². The topological polar surface area (TPSA) is 61.8 Å². The molecule has 41 heavy (non-hydrogen) atoms. The van der Waals surface area contributed by atoms with Crippen molar-refractivity contribution < 1.29 is 23.8 Å². The minimum atomic E-state index is -0.303. The van der Waals surface area contributed by atoms with E-state index < -0.39 is 0 Å². The van der Waals surface area contributed by atoms with Crippen LogP contribution in [0.25, 0.3) is 0 Å². The molecule has 0 spiro atoms. The van der Waals surface area contributed by atoms with Gasteiger partial charge in [0.25, 0.3) is 0 Å². The van der Waals surface area contributed by atoms with Gasteiger partial charge in [0.15, 0.2) is 5.12 Å². The molecule has 0 radical (unpaired) electrons. The van der Waals surface area contributed by atoms with E-state index in [-0.39, 0.29) is 20.8 Å². The lowest BCUT2D eigenvalue weighted by Crippen LogP contribution is -2.30. The molecule has 0 aromatic heterocycles. The molecule has 6 atom stereocenters. The Labute approximate surface area is 256 Å². The molecule has 3 aliphatic rings. The lowest BCUT2D eigenvalue weighted by molar-refractivity contribution is -0.131. The number of ether oxygens (including phenoxy) is 3. The Hall–Kier alpha value is -1.96. The maximum absolute atomic E-state index is 11.3. The molecule has 228 valence electrons. The summed E-state index contributed by atoms with van der Waals surface area (Å²) in [7, 11) is 1.66. The van der Waals surface area contributed by atoms with E-state index in [1.165, 1.54) is 55.9 Å². The van der Waals surface area contributed by atoms with Crippen molar-refractivity contribution in [1.82, 2.24) is 0 Å². The molecule has 6 unspecified atom stereocenters. The average molecular weight is 603 g/mol. The van der Waals surface area contributed by atoms with E-state index in [9.17, 15) is 9.59 Å². The summed E-state index contributed by atoms with van der Waals surface area (Å²) in [5.74, 6) is 5.80. The molecule has 0 heterocycles. The molecule has 0 amide bonds. The number of hydrogen-bond donors (Lipinski definition) is 0. The van der Waals surface area contributed by atoms with Gasteiger partial charge in [-0.05, 0) is 110 Å². The second-order valence-electron chi connectivity index (χ2n) is 10.9. The zero-order valence-electron chi connectivity index (χ0n) is 23.6. The summed E-state index contributed by atoms with van der Waals surface area (Å²) in [6.07, 6.45) is 9.96. The molecule has 3 aliphatic carbocycles. The van der Waals surface area contributed by atoms with Crippen molar-refractivity contribution in [3.8, 4) is 11.5 Å². The fraction of sp³-hybridized carbons (Fsp3) is 0.588. The number of methoxy groups -OCH3 is 1. The number of fused-ring (bicyclic) bond motifs is 5. The van der Waals surface area contributed by atoms with E-state index in [1.807, 2.05) is 48.2 Å². The Morgan fingerprint density at radius 3 is 2.00 bits per heavy atom. The molecule has 0 N–H and O–H groups in total. The van der Waals surface area contributed by atoms with Crippen molar-refractivity contribution in [1.29, 1.82) is 0 Å². The normalized spacial score (nSPS) is 25.2. The summed E-state index contributed by atoms with van der Waals surface area (Å²) >= 11 is 3.50. The first-order valence-corrected chi connectivity index (χ1v) is 16.3. The third-order valence-electron chi connectivity index (χ3n) is 8.27. The molecule has 3 fully saturated rings. The molecular formula is C34H50O5S2. The largest absolute Gasteiger partial charge is 0.497 e. The number of carbonyl (C=O) groups excluding carboxylic acids is 2. The standard InChI is InChI=1S/C16H16O3.C16H26O2S2.2CH4/c1-12(17)19-16-9-5-14(6-10-16)11-13-3-7-15(18-2)8-4-13;1-10(17)20-12-8-13-11-6-15(14(13)9-12)16(7-11)18-4-3-5-19-2;;/h3-10H,11H2,1-2H3;11-16H,3-9H2,1-2H3;2*1H4. The molecule has 5 rings (SSSR count). The van der Waals surface area contributed by atoms with Gasteiger partial charge in [-0.3, -0.25) is 9.59 Å². The minimum Gasteiger partial charge on any atom is -0.497 e. The van der Waals surface area contributed by atoms with Gasteiger partial charge in [0.2, 0.25) is 0 Å². The summed E-state index contributed by atoms with van der Waals surface area (Å²) in [6, 6.07) is 15.5. The predicted molar refractivity (Wildman–Crippen MR) is 174 cm³/mol. The van der Waals surface area contributed by atoms with Crippen LogP contribution < -0.4 is 9.47 Å². The maximum atomic E-state index is 11.3. The predicted octanol–water partition coefficient (Wildman–Crippen LogP) is 8.32. The number of carbonyl (C=O) groups is 2. The van der Waals surface area contributed by atoms with Gasteiger partial charge in [0, 0.05) is 25.7 Å². The quantitative estimate of drug-likeness (QED) is 0.154. The van der Waals surface area contributed by atoms with Crippen LogP contribution in [0, 0.1) is 23.7 Å². The molecule has 2 aromatic rings. The number of hydrogen-bond acceptors (Lipinski definition) is 7. The lowest BCUT2D eigenvalue weighted by atomic mass is 9.80. The Balaban J connectivity index is 0.000000274. The van der Waals surface area contributed by atoms with Crippen LogP contribution in [0.4, 0.5) is 0 Å². The summed E-state index contributed by atoms with van der Waals surface area (Å²) < 4.78 is 16.3. The first-order chi connectivity index (χ1) is 18.9. The monoisotopic (exact) mass is 602 g/mol. The SMILES string of the molecule is C.C.COc1ccc(Cc2ccc(OC(C)=O)cc2)cc1.CSCCCOC1CC2CC1C1CC(SC(C)=O)CC21. The highest BCUT2D eigenvalue weighted by Gasteiger charge is 2.56. The van der Waals surface area contributed by atoms with E-state index in [4.69, 9.17) is 14.2 Å². The van der Waals surface area contributed by atoms with Gasteiger partial charge in [-0.25, -0.2) is 0 Å². The van der Waals surface area contributed by atoms with Gasteiger partial charge < -0.3 is 14.2 Å². The fourth-order valence-electron chi connectivity index (χ4n) is 6.74. The molecular weight excluding hydrogens is 553 g/mol. The number of thioether (sulfide) groups is 2. The second-order valence-corrected chi connectivity index (χ2v) is 13.4. The van der Waals surface area contributed by atoms with Gasteiger partial charge in [-0.15, -0.1) is 0 Å². The van der Waals surface area contributed by atoms with Crippen LogP contribution >= 0.6 is 23.5 Å². The third-order valence-corrected chi connectivity index (χ3v) is 10.0. The Bertz CT molecular complexity index is 1070. The number of benzene rings is 2. The van der Waals surface area contributed by atoms with Crippen LogP contribution in [-0.2, 0) is 20.7 Å². The zero-order chi connectivity index (χ0) is 27.8. The molecule has 2 aromatic carbocycles. The van der Waals surface area contributed by atoms with E-state index >= 15 is 0 Å². The van der Waals surface area contributed by atoms with Crippen LogP contribution in [0.2, 0.25) is 0 Å². The molecule has 0 aliphatic heterocycles. The minimum absolute atomic E-state index is 0. The Kier molecular flexibility index (Phi) is 14.8. The number of rotatable bonds is 10.